The molecule has 0 amide bonds. The zero-order chi connectivity index (χ0) is 15.6. The van der Waals surface area contributed by atoms with Crippen LogP contribution in [0.2, 0.25) is 0 Å². The largest absolute Gasteiger partial charge is 0.481 e. The Kier molecular flexibility index (Phi) is 4.73. The van der Waals surface area contributed by atoms with Crippen molar-refractivity contribution >= 4 is 0 Å². The van der Waals surface area contributed by atoms with E-state index in [2.05, 4.69) is 32.0 Å². The van der Waals surface area contributed by atoms with Crippen molar-refractivity contribution in [3.63, 3.8) is 0 Å². The third kappa shape index (κ3) is 3.67. The molecule has 21 heavy (non-hydrogen) atoms. The Labute approximate surface area is 127 Å². The molecule has 0 aliphatic carbocycles. The topological polar surface area (TPSA) is 48.4 Å². The van der Waals surface area contributed by atoms with E-state index >= 15 is 0 Å². The summed E-state index contributed by atoms with van der Waals surface area (Å²) in [6, 6.07) is 10.1. The zero-order valence-electron chi connectivity index (χ0n) is 13.5. The Morgan fingerprint density at radius 2 is 1.76 bits per heavy atom. The normalized spacial score (nSPS) is 14.2. The minimum atomic E-state index is -0.278. The fraction of sp³-hybridized carbons (Fsp3) is 0.444. The van der Waals surface area contributed by atoms with Gasteiger partial charge >= 0.3 is 0 Å². The molecule has 0 aliphatic heterocycles. The van der Waals surface area contributed by atoms with Crippen LogP contribution in [-0.2, 0) is 0 Å². The first-order valence-corrected chi connectivity index (χ1v) is 7.47. The van der Waals surface area contributed by atoms with Gasteiger partial charge in [-0.2, -0.15) is 0 Å². The second-order valence-electron chi connectivity index (χ2n) is 6.03. The Morgan fingerprint density at radius 3 is 2.29 bits per heavy atom. The van der Waals surface area contributed by atoms with Crippen LogP contribution in [0.1, 0.15) is 55.4 Å². The highest BCUT2D eigenvalue weighted by Gasteiger charge is 2.22. The molecular formula is C18H25NO2. The number of hydrogen-bond donors (Lipinski definition) is 1. The van der Waals surface area contributed by atoms with Crippen LogP contribution >= 0.6 is 0 Å². The standard InChI is InChI=1S/C18H25NO2/c1-11(2)15-8-6-12(3)17(10-15)21-18(14(5)19)16-9-7-13(4)20-16/h6-11,14,18H,19H2,1-5H3. The second-order valence-corrected chi connectivity index (χ2v) is 6.03. The molecule has 3 nitrogen and oxygen atoms in total. The number of benzene rings is 1. The number of furan rings is 1. The molecule has 1 aromatic heterocycles. The van der Waals surface area contributed by atoms with Gasteiger partial charge in [0, 0.05) is 6.04 Å². The summed E-state index contributed by atoms with van der Waals surface area (Å²) in [4.78, 5) is 0. The van der Waals surface area contributed by atoms with Crippen molar-refractivity contribution in [3.8, 4) is 5.75 Å². The lowest BCUT2D eigenvalue weighted by Gasteiger charge is -2.22. The molecule has 0 aliphatic rings. The van der Waals surface area contributed by atoms with Crippen LogP contribution in [0.5, 0.6) is 5.75 Å². The molecule has 0 radical (unpaired) electrons. The molecule has 1 heterocycles. The summed E-state index contributed by atoms with van der Waals surface area (Å²) in [6.07, 6.45) is -0.278. The summed E-state index contributed by atoms with van der Waals surface area (Å²) in [5.74, 6) is 2.98. The Bertz CT molecular complexity index is 599. The van der Waals surface area contributed by atoms with E-state index in [0.29, 0.717) is 5.92 Å². The molecule has 0 saturated carbocycles. The van der Waals surface area contributed by atoms with E-state index in [0.717, 1.165) is 22.8 Å². The van der Waals surface area contributed by atoms with Gasteiger partial charge in [-0.15, -0.1) is 0 Å². The highest BCUT2D eigenvalue weighted by Crippen LogP contribution is 2.30. The number of rotatable bonds is 5. The fourth-order valence-corrected chi connectivity index (χ4v) is 2.27. The van der Waals surface area contributed by atoms with Gasteiger partial charge in [0.25, 0.3) is 0 Å². The minimum Gasteiger partial charge on any atom is -0.481 e. The molecule has 0 saturated heterocycles. The van der Waals surface area contributed by atoms with Gasteiger partial charge in [0.1, 0.15) is 17.3 Å². The van der Waals surface area contributed by atoms with Gasteiger partial charge in [-0.25, -0.2) is 0 Å². The van der Waals surface area contributed by atoms with Crippen LogP contribution in [-0.4, -0.2) is 6.04 Å². The van der Waals surface area contributed by atoms with Gasteiger partial charge in [0.2, 0.25) is 0 Å². The smallest absolute Gasteiger partial charge is 0.171 e. The third-order valence-corrected chi connectivity index (χ3v) is 3.65. The SMILES string of the molecule is Cc1ccc(C(Oc2cc(C(C)C)ccc2C)C(C)N)o1. The molecular weight excluding hydrogens is 262 g/mol. The van der Waals surface area contributed by atoms with Gasteiger partial charge < -0.3 is 14.9 Å². The first-order chi connectivity index (χ1) is 9.88. The average Bonchev–Trinajstić information content (AvgIpc) is 2.83. The highest BCUT2D eigenvalue weighted by atomic mass is 16.5. The lowest BCUT2D eigenvalue weighted by atomic mass is 10.0. The molecule has 114 valence electrons. The van der Waals surface area contributed by atoms with Gasteiger partial charge in [-0.1, -0.05) is 26.0 Å². The van der Waals surface area contributed by atoms with Gasteiger partial charge in [-0.3, -0.25) is 0 Å². The second kappa shape index (κ2) is 6.35. The van der Waals surface area contributed by atoms with E-state index in [-0.39, 0.29) is 12.1 Å². The van der Waals surface area contributed by atoms with Gasteiger partial charge in [0.05, 0.1) is 0 Å². The van der Waals surface area contributed by atoms with Crippen LogP contribution in [0.25, 0.3) is 0 Å². The Balaban J connectivity index is 2.31. The van der Waals surface area contributed by atoms with Crippen molar-refractivity contribution in [2.45, 2.75) is 52.7 Å². The highest BCUT2D eigenvalue weighted by molar-refractivity contribution is 5.38. The molecule has 2 aromatic rings. The molecule has 2 N–H and O–H groups in total. The third-order valence-electron chi connectivity index (χ3n) is 3.65. The zero-order valence-corrected chi connectivity index (χ0v) is 13.5. The van der Waals surface area contributed by atoms with Crippen LogP contribution in [0.4, 0.5) is 0 Å². The van der Waals surface area contributed by atoms with Crippen LogP contribution in [0.15, 0.2) is 34.7 Å². The van der Waals surface area contributed by atoms with Crippen molar-refractivity contribution in [1.82, 2.24) is 0 Å². The monoisotopic (exact) mass is 287 g/mol. The molecule has 2 unspecified atom stereocenters. The van der Waals surface area contributed by atoms with Gasteiger partial charge in [0.15, 0.2) is 6.10 Å². The maximum atomic E-state index is 6.18. The number of ether oxygens (including phenoxy) is 1. The van der Waals surface area contributed by atoms with Crippen molar-refractivity contribution < 1.29 is 9.15 Å². The van der Waals surface area contributed by atoms with Crippen LogP contribution < -0.4 is 10.5 Å². The quantitative estimate of drug-likeness (QED) is 0.881. The predicted octanol–water partition coefficient (Wildman–Crippen LogP) is 4.49. The fourth-order valence-electron chi connectivity index (χ4n) is 2.27. The van der Waals surface area contributed by atoms with Crippen molar-refractivity contribution in [2.24, 2.45) is 5.73 Å². The summed E-state index contributed by atoms with van der Waals surface area (Å²) in [6.45, 7) is 10.3. The lowest BCUT2D eigenvalue weighted by Crippen LogP contribution is -2.29. The lowest BCUT2D eigenvalue weighted by molar-refractivity contribution is 0.150. The predicted molar refractivity (Wildman–Crippen MR) is 85.7 cm³/mol. The maximum Gasteiger partial charge on any atom is 0.171 e. The summed E-state index contributed by atoms with van der Waals surface area (Å²) >= 11 is 0. The maximum absolute atomic E-state index is 6.18. The Morgan fingerprint density at radius 1 is 1.05 bits per heavy atom. The van der Waals surface area contributed by atoms with E-state index in [4.69, 9.17) is 14.9 Å². The summed E-state index contributed by atoms with van der Waals surface area (Å²) in [7, 11) is 0. The van der Waals surface area contributed by atoms with E-state index in [1.54, 1.807) is 0 Å². The van der Waals surface area contributed by atoms with E-state index < -0.39 is 0 Å². The molecule has 0 spiro atoms. The summed E-state index contributed by atoms with van der Waals surface area (Å²) in [5.41, 5.74) is 8.45. The molecule has 3 heteroatoms. The van der Waals surface area contributed by atoms with Crippen molar-refractivity contribution in [3.05, 3.63) is 53.0 Å². The van der Waals surface area contributed by atoms with Crippen molar-refractivity contribution in [1.29, 1.82) is 0 Å². The van der Waals surface area contributed by atoms with Crippen LogP contribution in [0.3, 0.4) is 0 Å². The first kappa shape index (κ1) is 15.6. The van der Waals surface area contributed by atoms with Crippen molar-refractivity contribution in [2.75, 3.05) is 0 Å². The molecule has 2 atom stereocenters. The average molecular weight is 287 g/mol. The molecule has 0 fully saturated rings. The number of aryl methyl sites for hydroxylation is 2. The van der Waals surface area contributed by atoms with E-state index in [9.17, 15) is 0 Å². The van der Waals surface area contributed by atoms with E-state index in [1.807, 2.05) is 32.9 Å². The number of nitrogens with two attached hydrogens (primary N) is 1. The van der Waals surface area contributed by atoms with Gasteiger partial charge in [-0.05, 0) is 56.0 Å². The minimum absolute atomic E-state index is 0.155. The molecule has 1 aromatic carbocycles. The number of hydrogen-bond acceptors (Lipinski definition) is 3. The summed E-state index contributed by atoms with van der Waals surface area (Å²) < 4.78 is 11.9. The summed E-state index contributed by atoms with van der Waals surface area (Å²) in [5, 5.41) is 0. The molecule has 2 rings (SSSR count). The van der Waals surface area contributed by atoms with E-state index in [1.165, 1.54) is 5.56 Å². The first-order valence-electron chi connectivity index (χ1n) is 7.47. The molecule has 0 bridgehead atoms. The Hall–Kier alpha value is -1.74. The van der Waals surface area contributed by atoms with Crippen LogP contribution in [0, 0.1) is 13.8 Å².